The summed E-state index contributed by atoms with van der Waals surface area (Å²) in [5, 5.41) is 14.0. The number of thioether (sulfide) groups is 1. The van der Waals surface area contributed by atoms with Gasteiger partial charge < -0.3 is 9.47 Å². The van der Waals surface area contributed by atoms with Crippen molar-refractivity contribution in [1.29, 1.82) is 0 Å². The molecule has 1 heterocycles. The van der Waals surface area contributed by atoms with Crippen molar-refractivity contribution < 1.29 is 9.47 Å². The van der Waals surface area contributed by atoms with Crippen molar-refractivity contribution in [3.63, 3.8) is 0 Å². The zero-order chi connectivity index (χ0) is 21.2. The third-order valence-electron chi connectivity index (χ3n) is 4.41. The number of nitrogens with zero attached hydrogens (tertiary/aromatic N) is 4. The second kappa shape index (κ2) is 11.4. The van der Waals surface area contributed by atoms with Gasteiger partial charge in [0.25, 0.3) is 0 Å². The second-order valence-electron chi connectivity index (χ2n) is 6.66. The normalized spacial score (nSPS) is 11.2. The molecule has 1 aromatic heterocycles. The lowest BCUT2D eigenvalue weighted by Gasteiger charge is -2.12. The number of hydrogen-bond donors (Lipinski definition) is 0. The zero-order valence-corrected chi connectivity index (χ0v) is 18.6. The van der Waals surface area contributed by atoms with Crippen LogP contribution in [0.5, 0.6) is 11.5 Å². The standard InChI is InChI=1S/C23H28N4O2S/c1-4-6-14-29-20-13-12-19(15-21(20)28-5-2)17-24-27-22(25-26-23(27)30-3)16-18-10-8-7-9-11-18/h7-13,15,17H,4-6,14,16H2,1-3H3/b24-17-. The van der Waals surface area contributed by atoms with Crippen molar-refractivity contribution in [2.75, 3.05) is 19.5 Å². The van der Waals surface area contributed by atoms with Gasteiger partial charge in [-0.3, -0.25) is 0 Å². The Balaban J connectivity index is 1.82. The first-order valence-corrected chi connectivity index (χ1v) is 11.4. The van der Waals surface area contributed by atoms with E-state index >= 15 is 0 Å². The van der Waals surface area contributed by atoms with Crippen LogP contribution in [-0.4, -0.2) is 40.6 Å². The molecule has 0 spiro atoms. The fourth-order valence-electron chi connectivity index (χ4n) is 2.87. The van der Waals surface area contributed by atoms with Gasteiger partial charge in [0, 0.05) is 6.42 Å². The average molecular weight is 425 g/mol. The van der Waals surface area contributed by atoms with E-state index in [1.54, 1.807) is 10.9 Å². The van der Waals surface area contributed by atoms with E-state index in [9.17, 15) is 0 Å². The second-order valence-corrected chi connectivity index (χ2v) is 7.44. The van der Waals surface area contributed by atoms with E-state index in [2.05, 4.69) is 34.4 Å². The number of rotatable bonds is 11. The largest absolute Gasteiger partial charge is 0.490 e. The van der Waals surface area contributed by atoms with Crippen molar-refractivity contribution in [3.05, 3.63) is 65.5 Å². The van der Waals surface area contributed by atoms with E-state index in [0.717, 1.165) is 40.9 Å². The SMILES string of the molecule is CCCCOc1ccc(/C=N\n2c(Cc3ccccc3)nnc2SC)cc1OCC. The lowest BCUT2D eigenvalue weighted by atomic mass is 10.1. The maximum atomic E-state index is 5.86. The lowest BCUT2D eigenvalue weighted by molar-refractivity contribution is 0.272. The van der Waals surface area contributed by atoms with Gasteiger partial charge in [-0.15, -0.1) is 10.2 Å². The van der Waals surface area contributed by atoms with E-state index in [-0.39, 0.29) is 0 Å². The zero-order valence-electron chi connectivity index (χ0n) is 17.7. The predicted octanol–water partition coefficient (Wildman–Crippen LogP) is 5.05. The van der Waals surface area contributed by atoms with Crippen LogP contribution in [0.15, 0.2) is 58.8 Å². The van der Waals surface area contributed by atoms with Gasteiger partial charge in [-0.25, -0.2) is 0 Å². The molecule has 0 radical (unpaired) electrons. The monoisotopic (exact) mass is 424 g/mol. The Bertz CT molecular complexity index is 957. The lowest BCUT2D eigenvalue weighted by Crippen LogP contribution is -2.03. The summed E-state index contributed by atoms with van der Waals surface area (Å²) < 4.78 is 13.4. The maximum Gasteiger partial charge on any atom is 0.211 e. The molecule has 2 aromatic carbocycles. The van der Waals surface area contributed by atoms with Crippen LogP contribution >= 0.6 is 11.8 Å². The summed E-state index contributed by atoms with van der Waals surface area (Å²) in [4.78, 5) is 0. The van der Waals surface area contributed by atoms with E-state index in [4.69, 9.17) is 9.47 Å². The van der Waals surface area contributed by atoms with Crippen LogP contribution in [0, 0.1) is 0 Å². The molecular weight excluding hydrogens is 396 g/mol. The summed E-state index contributed by atoms with van der Waals surface area (Å²) >= 11 is 1.52. The number of unbranched alkanes of at least 4 members (excludes halogenated alkanes) is 1. The Hall–Kier alpha value is -2.80. The van der Waals surface area contributed by atoms with E-state index in [0.29, 0.717) is 19.6 Å². The van der Waals surface area contributed by atoms with Crippen LogP contribution in [0.3, 0.4) is 0 Å². The summed E-state index contributed by atoms with van der Waals surface area (Å²) in [6.07, 6.45) is 6.55. The number of benzene rings is 2. The van der Waals surface area contributed by atoms with Crippen molar-refractivity contribution in [1.82, 2.24) is 14.9 Å². The molecule has 0 fully saturated rings. The van der Waals surface area contributed by atoms with Crippen LogP contribution < -0.4 is 9.47 Å². The van der Waals surface area contributed by atoms with Crippen molar-refractivity contribution in [2.24, 2.45) is 5.10 Å². The molecule has 0 aliphatic carbocycles. The maximum absolute atomic E-state index is 5.86. The third-order valence-corrected chi connectivity index (χ3v) is 5.03. The fraction of sp³-hybridized carbons (Fsp3) is 0.348. The van der Waals surface area contributed by atoms with Gasteiger partial charge in [-0.1, -0.05) is 55.4 Å². The van der Waals surface area contributed by atoms with Crippen LogP contribution in [-0.2, 0) is 6.42 Å². The van der Waals surface area contributed by atoms with Crippen molar-refractivity contribution in [2.45, 2.75) is 38.3 Å². The summed E-state index contributed by atoms with van der Waals surface area (Å²) in [5.74, 6) is 2.29. The molecule has 0 bridgehead atoms. The molecule has 3 aromatic rings. The van der Waals surface area contributed by atoms with Gasteiger partial charge in [-0.2, -0.15) is 9.78 Å². The summed E-state index contributed by atoms with van der Waals surface area (Å²) in [6.45, 7) is 5.37. The molecule has 0 N–H and O–H groups in total. The first kappa shape index (κ1) is 21.9. The number of hydrogen-bond acceptors (Lipinski definition) is 6. The summed E-state index contributed by atoms with van der Waals surface area (Å²) in [5.41, 5.74) is 2.09. The summed E-state index contributed by atoms with van der Waals surface area (Å²) in [6, 6.07) is 16.1. The molecule has 30 heavy (non-hydrogen) atoms. The van der Waals surface area contributed by atoms with Gasteiger partial charge in [0.2, 0.25) is 5.16 Å². The molecule has 0 saturated carbocycles. The Morgan fingerprint density at radius 1 is 1.03 bits per heavy atom. The summed E-state index contributed by atoms with van der Waals surface area (Å²) in [7, 11) is 0. The van der Waals surface area contributed by atoms with Crippen molar-refractivity contribution >= 4 is 18.0 Å². The molecule has 0 aliphatic rings. The third kappa shape index (κ3) is 5.86. The van der Waals surface area contributed by atoms with E-state index < -0.39 is 0 Å². The Kier molecular flexibility index (Phi) is 8.32. The first-order valence-electron chi connectivity index (χ1n) is 10.2. The molecule has 0 amide bonds. The van der Waals surface area contributed by atoms with Crippen LogP contribution in [0.25, 0.3) is 0 Å². The van der Waals surface area contributed by atoms with Crippen molar-refractivity contribution in [3.8, 4) is 11.5 Å². The highest BCUT2D eigenvalue weighted by Crippen LogP contribution is 2.28. The quantitative estimate of drug-likeness (QED) is 0.245. The molecule has 6 nitrogen and oxygen atoms in total. The highest BCUT2D eigenvalue weighted by Gasteiger charge is 2.12. The van der Waals surface area contributed by atoms with Crippen LogP contribution in [0.2, 0.25) is 0 Å². The molecule has 0 unspecified atom stereocenters. The van der Waals surface area contributed by atoms with Gasteiger partial charge in [-0.05, 0) is 48.9 Å². The number of aromatic nitrogens is 3. The number of ether oxygens (including phenoxy) is 2. The van der Waals surface area contributed by atoms with E-state index in [1.165, 1.54) is 17.3 Å². The smallest absolute Gasteiger partial charge is 0.211 e. The first-order chi connectivity index (χ1) is 14.7. The predicted molar refractivity (Wildman–Crippen MR) is 122 cm³/mol. The fourth-order valence-corrected chi connectivity index (χ4v) is 3.32. The van der Waals surface area contributed by atoms with Crippen LogP contribution in [0.4, 0.5) is 0 Å². The molecule has 0 saturated heterocycles. The van der Waals surface area contributed by atoms with E-state index in [1.807, 2.05) is 49.6 Å². The topological polar surface area (TPSA) is 61.5 Å². The molecule has 3 rings (SSSR count). The Morgan fingerprint density at radius 3 is 2.60 bits per heavy atom. The molecule has 0 atom stereocenters. The minimum atomic E-state index is 0.577. The molecule has 0 aliphatic heterocycles. The molecule has 158 valence electrons. The Morgan fingerprint density at radius 2 is 1.87 bits per heavy atom. The minimum absolute atomic E-state index is 0.577. The van der Waals surface area contributed by atoms with Gasteiger partial charge in [0.15, 0.2) is 17.3 Å². The van der Waals surface area contributed by atoms with Gasteiger partial charge >= 0.3 is 0 Å². The molecule has 7 heteroatoms. The molecular formula is C23H28N4O2S. The highest BCUT2D eigenvalue weighted by atomic mass is 32.2. The van der Waals surface area contributed by atoms with Gasteiger partial charge in [0.05, 0.1) is 19.4 Å². The Labute approximate surface area is 182 Å². The minimum Gasteiger partial charge on any atom is -0.490 e. The van der Waals surface area contributed by atoms with Gasteiger partial charge in [0.1, 0.15) is 0 Å². The average Bonchev–Trinajstić information content (AvgIpc) is 3.16. The van der Waals surface area contributed by atoms with Crippen LogP contribution in [0.1, 0.15) is 43.6 Å². The highest BCUT2D eigenvalue weighted by molar-refractivity contribution is 7.98.